The van der Waals surface area contributed by atoms with Gasteiger partial charge in [0.15, 0.2) is 0 Å². The molecule has 0 saturated heterocycles. The van der Waals surface area contributed by atoms with E-state index in [0.717, 1.165) is 12.8 Å². The Hall–Kier alpha value is -0.960. The molecular weight excluding hydrogens is 282 g/mol. The van der Waals surface area contributed by atoms with Crippen LogP contribution in [0.4, 0.5) is 0 Å². The molecule has 0 spiro atoms. The highest BCUT2D eigenvalue weighted by atomic mass is 32.2. The molecule has 3 atom stereocenters. The van der Waals surface area contributed by atoms with Crippen LogP contribution in [0.5, 0.6) is 0 Å². The minimum Gasteiger partial charge on any atom is -0.389 e. The fourth-order valence-corrected chi connectivity index (χ4v) is 4.13. The molecule has 0 aliphatic heterocycles. The molecule has 0 unspecified atom stereocenters. The number of nitrogens with zero attached hydrogens (tertiary/aromatic N) is 2. The summed E-state index contributed by atoms with van der Waals surface area (Å²) in [6.07, 6.45) is 2.45. The summed E-state index contributed by atoms with van der Waals surface area (Å²) in [4.78, 5) is 0.145. The van der Waals surface area contributed by atoms with Gasteiger partial charge in [-0.15, -0.1) is 0 Å². The van der Waals surface area contributed by atoms with Crippen LogP contribution in [0.3, 0.4) is 0 Å². The second-order valence-electron chi connectivity index (χ2n) is 5.18. The van der Waals surface area contributed by atoms with Crippen molar-refractivity contribution < 1.29 is 18.3 Å². The summed E-state index contributed by atoms with van der Waals surface area (Å²) in [5, 5.41) is 14.2. The lowest BCUT2D eigenvalue weighted by Gasteiger charge is -2.33. The van der Waals surface area contributed by atoms with Crippen LogP contribution in [0, 0.1) is 6.92 Å². The fourth-order valence-electron chi connectivity index (χ4n) is 2.63. The van der Waals surface area contributed by atoms with Gasteiger partial charge in [0.2, 0.25) is 10.0 Å². The topological polar surface area (TPSA) is 93.5 Å². The van der Waals surface area contributed by atoms with E-state index in [0.29, 0.717) is 12.1 Å². The molecule has 114 valence electrons. The largest absolute Gasteiger partial charge is 0.389 e. The normalized spacial score (nSPS) is 27.7. The first-order valence-electron chi connectivity index (χ1n) is 6.58. The number of hydrogen-bond acceptors (Lipinski definition) is 5. The molecule has 0 bridgehead atoms. The molecule has 8 heteroatoms. The first kappa shape index (κ1) is 15.4. The molecule has 2 N–H and O–H groups in total. The number of methoxy groups -OCH3 is 1. The molecule has 1 aliphatic rings. The molecule has 1 fully saturated rings. The van der Waals surface area contributed by atoms with Gasteiger partial charge in [-0.2, -0.15) is 5.10 Å². The predicted molar refractivity (Wildman–Crippen MR) is 72.7 cm³/mol. The third kappa shape index (κ3) is 3.03. The minimum absolute atomic E-state index is 0.145. The summed E-state index contributed by atoms with van der Waals surface area (Å²) in [5.74, 6) is 0. The fraction of sp³-hybridized carbons (Fsp3) is 0.750. The Bertz CT molecular complexity index is 569. The molecule has 7 nitrogen and oxygen atoms in total. The lowest BCUT2D eigenvalue weighted by Crippen LogP contribution is -2.51. The molecule has 1 aromatic rings. The van der Waals surface area contributed by atoms with E-state index in [-0.39, 0.29) is 11.0 Å². The van der Waals surface area contributed by atoms with Crippen molar-refractivity contribution in [3.8, 4) is 0 Å². The smallest absolute Gasteiger partial charge is 0.244 e. The average Bonchev–Trinajstić information content (AvgIpc) is 2.72. The van der Waals surface area contributed by atoms with Gasteiger partial charge < -0.3 is 9.84 Å². The standard InChI is InChI=1S/C12H21N3O4S/c1-8-11(7-15(2)13-8)20(17,18)14-9-5-4-6-10(19-3)12(9)16/h7,9-10,12,14,16H,4-6H2,1-3H3/t9-,10-,12-/m1/s1. The number of rotatable bonds is 4. The number of sulfonamides is 1. The Morgan fingerprint density at radius 1 is 1.50 bits per heavy atom. The van der Waals surface area contributed by atoms with Gasteiger partial charge in [0.25, 0.3) is 0 Å². The van der Waals surface area contributed by atoms with Gasteiger partial charge in [0.1, 0.15) is 4.90 Å². The van der Waals surface area contributed by atoms with Crippen molar-refractivity contribution in [3.05, 3.63) is 11.9 Å². The van der Waals surface area contributed by atoms with Gasteiger partial charge in [-0.25, -0.2) is 13.1 Å². The Labute approximate surface area is 119 Å². The molecule has 20 heavy (non-hydrogen) atoms. The zero-order valence-corrected chi connectivity index (χ0v) is 12.7. The lowest BCUT2D eigenvalue weighted by molar-refractivity contribution is -0.0487. The van der Waals surface area contributed by atoms with E-state index in [9.17, 15) is 13.5 Å². The maximum absolute atomic E-state index is 12.4. The number of aliphatic hydroxyl groups excluding tert-OH is 1. The molecular formula is C12H21N3O4S. The maximum atomic E-state index is 12.4. The highest BCUT2D eigenvalue weighted by molar-refractivity contribution is 7.89. The van der Waals surface area contributed by atoms with Gasteiger partial charge >= 0.3 is 0 Å². The zero-order valence-electron chi connectivity index (χ0n) is 11.9. The molecule has 0 radical (unpaired) electrons. The molecule has 0 aromatic carbocycles. The molecule has 0 amide bonds. The van der Waals surface area contributed by atoms with E-state index in [4.69, 9.17) is 4.74 Å². The second kappa shape index (κ2) is 5.80. The summed E-state index contributed by atoms with van der Waals surface area (Å²) < 4.78 is 33.9. The van der Waals surface area contributed by atoms with Gasteiger partial charge in [-0.05, 0) is 26.2 Å². The van der Waals surface area contributed by atoms with Crippen LogP contribution in [-0.2, 0) is 21.8 Å². The van der Waals surface area contributed by atoms with E-state index in [1.165, 1.54) is 18.0 Å². The van der Waals surface area contributed by atoms with Gasteiger partial charge in [0.05, 0.1) is 23.9 Å². The lowest BCUT2D eigenvalue weighted by atomic mass is 9.91. The SMILES string of the molecule is CO[C@@H]1CCC[C@@H](NS(=O)(=O)c2cn(C)nc2C)[C@H]1O. The van der Waals surface area contributed by atoms with E-state index in [1.54, 1.807) is 14.0 Å². The van der Waals surface area contributed by atoms with Crippen LogP contribution in [0.1, 0.15) is 25.0 Å². The summed E-state index contributed by atoms with van der Waals surface area (Å²) in [6, 6.07) is -0.529. The molecule has 1 heterocycles. The van der Waals surface area contributed by atoms with Crippen molar-refractivity contribution in [3.63, 3.8) is 0 Å². The van der Waals surface area contributed by atoms with Gasteiger partial charge in [-0.1, -0.05) is 0 Å². The van der Waals surface area contributed by atoms with Gasteiger partial charge in [-0.3, -0.25) is 4.68 Å². The number of nitrogens with one attached hydrogen (secondary N) is 1. The Kier molecular flexibility index (Phi) is 4.48. The Balaban J connectivity index is 2.18. The molecule has 1 aromatic heterocycles. The monoisotopic (exact) mass is 303 g/mol. The van der Waals surface area contributed by atoms with Crippen LogP contribution in [0.25, 0.3) is 0 Å². The maximum Gasteiger partial charge on any atom is 0.244 e. The van der Waals surface area contributed by atoms with E-state index in [1.807, 2.05) is 0 Å². The van der Waals surface area contributed by atoms with Crippen LogP contribution in [0.2, 0.25) is 0 Å². The molecule has 2 rings (SSSR count). The number of hydrogen-bond donors (Lipinski definition) is 2. The third-order valence-electron chi connectivity index (χ3n) is 3.66. The zero-order chi connectivity index (χ0) is 14.9. The Morgan fingerprint density at radius 3 is 2.75 bits per heavy atom. The van der Waals surface area contributed by atoms with Gasteiger partial charge in [0, 0.05) is 20.4 Å². The Morgan fingerprint density at radius 2 is 2.20 bits per heavy atom. The van der Waals surface area contributed by atoms with Crippen LogP contribution in [-0.4, -0.2) is 48.7 Å². The third-order valence-corrected chi connectivity index (χ3v) is 5.26. The van der Waals surface area contributed by atoms with Crippen LogP contribution in [0.15, 0.2) is 11.1 Å². The quantitative estimate of drug-likeness (QED) is 0.812. The van der Waals surface area contributed by atoms with Crippen LogP contribution < -0.4 is 4.72 Å². The van der Waals surface area contributed by atoms with E-state index in [2.05, 4.69) is 9.82 Å². The predicted octanol–water partition coefficient (Wildman–Crippen LogP) is -0.0648. The second-order valence-corrected chi connectivity index (χ2v) is 6.86. The van der Waals surface area contributed by atoms with E-state index >= 15 is 0 Å². The summed E-state index contributed by atoms with van der Waals surface area (Å²) >= 11 is 0. The highest BCUT2D eigenvalue weighted by Crippen LogP contribution is 2.23. The number of aliphatic hydroxyl groups is 1. The van der Waals surface area contributed by atoms with Crippen molar-refractivity contribution in [2.24, 2.45) is 7.05 Å². The summed E-state index contributed by atoms with van der Waals surface area (Å²) in [5.41, 5.74) is 0.439. The number of ether oxygens (including phenoxy) is 1. The summed E-state index contributed by atoms with van der Waals surface area (Å²) in [6.45, 7) is 1.64. The van der Waals surface area contributed by atoms with E-state index < -0.39 is 22.2 Å². The van der Waals surface area contributed by atoms with Crippen molar-refractivity contribution in [1.82, 2.24) is 14.5 Å². The number of aryl methyl sites for hydroxylation is 2. The number of aromatic nitrogens is 2. The van der Waals surface area contributed by atoms with Crippen molar-refractivity contribution in [2.45, 2.75) is 49.3 Å². The minimum atomic E-state index is -3.68. The van der Waals surface area contributed by atoms with Crippen molar-refractivity contribution >= 4 is 10.0 Å². The molecule has 1 aliphatic carbocycles. The summed E-state index contributed by atoms with van der Waals surface area (Å²) in [7, 11) is -0.490. The van der Waals surface area contributed by atoms with Crippen molar-refractivity contribution in [2.75, 3.05) is 7.11 Å². The van der Waals surface area contributed by atoms with Crippen LogP contribution >= 0.6 is 0 Å². The molecule has 1 saturated carbocycles. The first-order valence-corrected chi connectivity index (χ1v) is 8.07. The average molecular weight is 303 g/mol. The van der Waals surface area contributed by atoms with Crippen molar-refractivity contribution in [1.29, 1.82) is 0 Å². The first-order chi connectivity index (χ1) is 9.35. The highest BCUT2D eigenvalue weighted by Gasteiger charge is 2.35.